The molecule has 0 fully saturated rings. The van der Waals surface area contributed by atoms with Crippen molar-refractivity contribution in [3.05, 3.63) is 53.8 Å². The lowest BCUT2D eigenvalue weighted by atomic mass is 10.00. The highest BCUT2D eigenvalue weighted by Gasteiger charge is 2.07. The summed E-state index contributed by atoms with van der Waals surface area (Å²) in [5, 5.41) is 0. The van der Waals surface area contributed by atoms with Crippen LogP contribution in [0.3, 0.4) is 0 Å². The lowest BCUT2D eigenvalue weighted by molar-refractivity contribution is -0.394. The number of rotatable bonds is 2. The van der Waals surface area contributed by atoms with E-state index in [0.29, 0.717) is 0 Å². The average Bonchev–Trinajstić information content (AvgIpc) is 2.31. The Hall–Kier alpha value is -1.96. The Balaban J connectivity index is 2.54. The van der Waals surface area contributed by atoms with Gasteiger partial charge in [-0.1, -0.05) is 18.2 Å². The van der Waals surface area contributed by atoms with Gasteiger partial charge in [-0.05, 0) is 35.7 Å². The first-order valence-electron chi connectivity index (χ1n) is 5.49. The fraction of sp³-hybridized carbons (Fsp3) is 0.133. The predicted molar refractivity (Wildman–Crippen MR) is 69.5 cm³/mol. The summed E-state index contributed by atoms with van der Waals surface area (Å²) in [6.45, 7) is 5.91. The van der Waals surface area contributed by atoms with Crippen molar-refractivity contribution in [1.29, 1.82) is 0 Å². The van der Waals surface area contributed by atoms with E-state index in [1.54, 1.807) is 12.1 Å². The van der Waals surface area contributed by atoms with Crippen LogP contribution in [0.4, 0.5) is 10.1 Å². The molecule has 86 valence electrons. The summed E-state index contributed by atoms with van der Waals surface area (Å²) in [7, 11) is 1.90. The normalized spacial score (nSPS) is 10.3. The molecule has 0 saturated carbocycles. The van der Waals surface area contributed by atoms with Gasteiger partial charge in [0.2, 0.25) is 5.69 Å². The summed E-state index contributed by atoms with van der Waals surface area (Å²) < 4.78 is 14.7. The molecule has 0 radical (unpaired) electrons. The van der Waals surface area contributed by atoms with Gasteiger partial charge >= 0.3 is 0 Å². The first kappa shape index (κ1) is 11.5. The van der Waals surface area contributed by atoms with E-state index >= 15 is 0 Å². The molecule has 17 heavy (non-hydrogen) atoms. The quantitative estimate of drug-likeness (QED) is 0.543. The molecule has 0 spiro atoms. The van der Waals surface area contributed by atoms with Crippen LogP contribution in [0.1, 0.15) is 5.56 Å². The van der Waals surface area contributed by atoms with Gasteiger partial charge in [0.1, 0.15) is 19.6 Å². The van der Waals surface area contributed by atoms with Crippen molar-refractivity contribution in [1.82, 2.24) is 0 Å². The van der Waals surface area contributed by atoms with Crippen LogP contribution in [0.15, 0.2) is 42.5 Å². The van der Waals surface area contributed by atoms with Crippen molar-refractivity contribution in [2.24, 2.45) is 0 Å². The van der Waals surface area contributed by atoms with Gasteiger partial charge in [-0.15, -0.1) is 0 Å². The van der Waals surface area contributed by atoms with E-state index in [-0.39, 0.29) is 5.82 Å². The minimum Gasteiger partial charge on any atom is -0.208 e. The van der Waals surface area contributed by atoms with Crippen molar-refractivity contribution in [3.8, 4) is 11.1 Å². The average molecular weight is 228 g/mol. The van der Waals surface area contributed by atoms with Crippen LogP contribution in [-0.4, -0.2) is 18.3 Å². The summed E-state index contributed by atoms with van der Waals surface area (Å²) >= 11 is 0. The number of aryl methyl sites for hydroxylation is 1. The van der Waals surface area contributed by atoms with E-state index in [4.69, 9.17) is 0 Å². The molecule has 2 heteroatoms. The number of benzene rings is 2. The summed E-state index contributed by atoms with van der Waals surface area (Å²) in [6, 6.07) is 12.7. The van der Waals surface area contributed by atoms with E-state index < -0.39 is 0 Å². The Kier molecular flexibility index (Phi) is 3.05. The van der Waals surface area contributed by atoms with E-state index in [1.807, 2.05) is 24.6 Å². The summed E-state index contributed by atoms with van der Waals surface area (Å²) in [5.41, 5.74) is 4.34. The van der Waals surface area contributed by atoms with Crippen LogP contribution in [0.2, 0.25) is 0 Å². The van der Waals surface area contributed by atoms with Gasteiger partial charge in [-0.3, -0.25) is 0 Å². The maximum Gasteiger partial charge on any atom is 0.205 e. The minimum absolute atomic E-state index is 0.211. The van der Waals surface area contributed by atoms with Crippen molar-refractivity contribution in [2.75, 3.05) is 7.05 Å². The second-order valence-electron chi connectivity index (χ2n) is 4.20. The molecule has 2 rings (SSSR count). The zero-order valence-electron chi connectivity index (χ0n) is 10.1. The molecule has 2 aromatic carbocycles. The smallest absolute Gasteiger partial charge is 0.205 e. The van der Waals surface area contributed by atoms with Gasteiger partial charge < -0.3 is 0 Å². The van der Waals surface area contributed by atoms with E-state index in [1.165, 1.54) is 17.7 Å². The fourth-order valence-corrected chi connectivity index (χ4v) is 1.79. The van der Waals surface area contributed by atoms with Gasteiger partial charge in [-0.25, -0.2) is 8.97 Å². The van der Waals surface area contributed by atoms with Crippen molar-refractivity contribution in [3.63, 3.8) is 0 Å². The summed E-state index contributed by atoms with van der Waals surface area (Å²) in [4.78, 5) is 0. The molecule has 0 aliphatic carbocycles. The molecule has 0 atom stereocenters. The highest BCUT2D eigenvalue weighted by Crippen LogP contribution is 2.27. The van der Waals surface area contributed by atoms with Gasteiger partial charge in [0.15, 0.2) is 0 Å². The second-order valence-corrected chi connectivity index (χ2v) is 4.20. The predicted octanol–water partition coefficient (Wildman–Crippen LogP) is 3.78. The minimum atomic E-state index is -0.211. The van der Waals surface area contributed by atoms with Crippen LogP contribution in [0.25, 0.3) is 11.1 Å². The van der Waals surface area contributed by atoms with E-state index in [2.05, 4.69) is 18.9 Å². The Bertz CT molecular complexity index is 556. The van der Waals surface area contributed by atoms with Crippen LogP contribution < -0.4 is 0 Å². The highest BCUT2D eigenvalue weighted by molar-refractivity contribution is 5.69. The molecule has 1 nitrogen and oxygen atoms in total. The van der Waals surface area contributed by atoms with E-state index in [0.717, 1.165) is 16.8 Å². The molecule has 2 aromatic rings. The summed E-state index contributed by atoms with van der Waals surface area (Å²) in [6.07, 6.45) is 0. The van der Waals surface area contributed by atoms with Crippen molar-refractivity contribution in [2.45, 2.75) is 6.92 Å². The SMILES string of the molecule is C=[N+](C)c1ccc(C)c(-c2ccc(F)cc2)c1. The maximum absolute atomic E-state index is 12.9. The highest BCUT2D eigenvalue weighted by atomic mass is 19.1. The Morgan fingerprint density at radius 2 is 1.71 bits per heavy atom. The first-order valence-corrected chi connectivity index (χ1v) is 5.49. The molecular formula is C15H15FN+. The molecule has 0 aromatic heterocycles. The maximum atomic E-state index is 12.9. The lowest BCUT2D eigenvalue weighted by Crippen LogP contribution is -1.94. The molecule has 0 aliphatic rings. The third kappa shape index (κ3) is 2.41. The lowest BCUT2D eigenvalue weighted by Gasteiger charge is -2.06. The van der Waals surface area contributed by atoms with Crippen LogP contribution in [0.5, 0.6) is 0 Å². The molecule has 0 amide bonds. The molecule has 0 bridgehead atoms. The van der Waals surface area contributed by atoms with Crippen LogP contribution in [-0.2, 0) is 0 Å². The van der Waals surface area contributed by atoms with Crippen molar-refractivity contribution >= 4 is 12.4 Å². The van der Waals surface area contributed by atoms with Gasteiger partial charge in [0.05, 0.1) is 0 Å². The fourth-order valence-electron chi connectivity index (χ4n) is 1.79. The molecule has 0 N–H and O–H groups in total. The molecule has 0 aliphatic heterocycles. The molecular weight excluding hydrogens is 213 g/mol. The van der Waals surface area contributed by atoms with Gasteiger partial charge in [-0.2, -0.15) is 0 Å². The largest absolute Gasteiger partial charge is 0.208 e. The zero-order chi connectivity index (χ0) is 12.4. The van der Waals surface area contributed by atoms with Crippen LogP contribution >= 0.6 is 0 Å². The number of halogens is 1. The number of nitrogens with zero attached hydrogens (tertiary/aromatic N) is 1. The monoisotopic (exact) mass is 228 g/mol. The molecule has 0 unspecified atom stereocenters. The van der Waals surface area contributed by atoms with Crippen molar-refractivity contribution < 1.29 is 8.97 Å². The third-order valence-electron chi connectivity index (χ3n) is 2.82. The third-order valence-corrected chi connectivity index (χ3v) is 2.82. The molecule has 0 saturated heterocycles. The Labute approximate surface area is 101 Å². The topological polar surface area (TPSA) is 3.01 Å². The van der Waals surface area contributed by atoms with Gasteiger partial charge in [0, 0.05) is 12.1 Å². The molecule has 0 heterocycles. The second kappa shape index (κ2) is 4.50. The van der Waals surface area contributed by atoms with E-state index in [9.17, 15) is 4.39 Å². The Morgan fingerprint density at radius 1 is 1.06 bits per heavy atom. The number of hydrogen-bond donors (Lipinski definition) is 0. The summed E-state index contributed by atoms with van der Waals surface area (Å²) in [5.74, 6) is -0.211. The standard InChI is InChI=1S/C15H15FN/c1-11-4-9-14(17(2)3)10-15(11)12-5-7-13(16)8-6-12/h4-10H,2H2,1,3H3/q+1. The van der Waals surface area contributed by atoms with Crippen LogP contribution in [0, 0.1) is 12.7 Å². The zero-order valence-corrected chi connectivity index (χ0v) is 10.1. The first-order chi connectivity index (χ1) is 8.08. The number of hydrogen-bond acceptors (Lipinski definition) is 0. The van der Waals surface area contributed by atoms with Gasteiger partial charge in [0.25, 0.3) is 0 Å². The Morgan fingerprint density at radius 3 is 2.29 bits per heavy atom.